The average molecular weight is 499 g/mol. The van der Waals surface area contributed by atoms with Crippen LogP contribution in [0.1, 0.15) is 62.4 Å². The summed E-state index contributed by atoms with van der Waals surface area (Å²) in [7, 11) is 1.86. The van der Waals surface area contributed by atoms with E-state index in [0.29, 0.717) is 28.8 Å². The van der Waals surface area contributed by atoms with Gasteiger partial charge in [0.15, 0.2) is 5.69 Å². The van der Waals surface area contributed by atoms with Crippen LogP contribution in [0.4, 0.5) is 11.5 Å². The molecule has 0 radical (unpaired) electrons. The van der Waals surface area contributed by atoms with E-state index < -0.39 is 11.5 Å². The van der Waals surface area contributed by atoms with Gasteiger partial charge in [-0.05, 0) is 81.8 Å². The number of aryl methyl sites for hydroxylation is 1. The number of halogens is 1. The molecule has 35 heavy (non-hydrogen) atoms. The highest BCUT2D eigenvalue weighted by Crippen LogP contribution is 2.58. The van der Waals surface area contributed by atoms with Gasteiger partial charge < -0.3 is 20.6 Å². The normalized spacial score (nSPS) is 35.9. The molecule has 0 spiro atoms. The maximum atomic E-state index is 12.1. The molecule has 4 atom stereocenters. The van der Waals surface area contributed by atoms with E-state index in [9.17, 15) is 9.90 Å². The summed E-state index contributed by atoms with van der Waals surface area (Å²) < 4.78 is 1.75. The Morgan fingerprint density at radius 1 is 1.26 bits per heavy atom. The van der Waals surface area contributed by atoms with Gasteiger partial charge in [-0.2, -0.15) is 5.10 Å². The van der Waals surface area contributed by atoms with Gasteiger partial charge in [-0.1, -0.05) is 11.6 Å². The molecule has 4 saturated carbocycles. The molecule has 7 rings (SSSR count). The summed E-state index contributed by atoms with van der Waals surface area (Å²) in [5.74, 6) is 1.65. The molecule has 1 saturated heterocycles. The number of carbonyl (C=O) groups is 1. The number of aliphatic hydroxyl groups is 1. The van der Waals surface area contributed by atoms with E-state index in [2.05, 4.69) is 32.9 Å². The molecule has 9 heteroatoms. The number of hydrogen-bond acceptors (Lipinski definition) is 6. The van der Waals surface area contributed by atoms with Crippen molar-refractivity contribution in [2.75, 3.05) is 16.3 Å². The van der Waals surface area contributed by atoms with Gasteiger partial charge in [0.25, 0.3) is 5.91 Å². The topological polar surface area (TPSA) is 101 Å². The van der Waals surface area contributed by atoms with Crippen molar-refractivity contribution in [2.24, 2.45) is 30.5 Å². The highest BCUT2D eigenvalue weighted by Gasteiger charge is 2.57. The predicted molar refractivity (Wildman–Crippen MR) is 136 cm³/mol. The predicted octanol–water partition coefficient (Wildman–Crippen LogP) is 3.37. The molecule has 5 fully saturated rings. The number of carbonyl (C=O) groups excluding carboxylic acids is 1. The first-order chi connectivity index (χ1) is 16.7. The minimum atomic E-state index is -0.601. The first-order valence-corrected chi connectivity index (χ1v) is 13.3. The van der Waals surface area contributed by atoms with E-state index in [-0.39, 0.29) is 17.8 Å². The number of pyridine rings is 1. The van der Waals surface area contributed by atoms with Crippen molar-refractivity contribution in [3.8, 4) is 0 Å². The van der Waals surface area contributed by atoms with Crippen LogP contribution in [0, 0.1) is 17.8 Å². The molecule has 1 amide bonds. The van der Waals surface area contributed by atoms with E-state index in [1.54, 1.807) is 4.68 Å². The summed E-state index contributed by atoms with van der Waals surface area (Å²) in [6.07, 6.45) is 10.6. The number of amides is 1. The van der Waals surface area contributed by atoms with Gasteiger partial charge in [0.05, 0.1) is 17.5 Å². The molecule has 3 heterocycles. The molecule has 2 aromatic rings. The molecule has 3 N–H and O–H groups in total. The number of anilines is 2. The summed E-state index contributed by atoms with van der Waals surface area (Å²) in [6, 6.07) is 4.97. The Morgan fingerprint density at radius 3 is 2.57 bits per heavy atom. The third-order valence-electron chi connectivity index (χ3n) is 9.17. The van der Waals surface area contributed by atoms with Gasteiger partial charge in [0.1, 0.15) is 10.8 Å². The molecule has 4 bridgehead atoms. The number of nitrogens with two attached hydrogens (primary N) is 1. The average Bonchev–Trinajstić information content (AvgIpc) is 3.09. The summed E-state index contributed by atoms with van der Waals surface area (Å²) in [4.78, 5) is 21.4. The largest absolute Gasteiger partial charge is 0.390 e. The second-order valence-corrected chi connectivity index (χ2v) is 11.9. The quantitative estimate of drug-likeness (QED) is 0.655. The lowest BCUT2D eigenvalue weighted by atomic mass is 9.51. The number of rotatable bonds is 5. The fourth-order valence-electron chi connectivity index (χ4n) is 8.20. The van der Waals surface area contributed by atoms with Crippen molar-refractivity contribution in [2.45, 2.75) is 75.6 Å². The lowest BCUT2D eigenvalue weighted by Crippen LogP contribution is -2.65. The Bertz CT molecular complexity index is 1110. The van der Waals surface area contributed by atoms with Crippen molar-refractivity contribution in [1.82, 2.24) is 14.8 Å². The maximum Gasteiger partial charge on any atom is 0.270 e. The van der Waals surface area contributed by atoms with Gasteiger partial charge in [-0.15, -0.1) is 0 Å². The number of primary amides is 1. The standard InChI is InChI=1S/C26H35ClN6O2/c1-15-8-19(5-7-32(15)20-4-3-6-29-14-20)33(25-21(27)22(24(28)34)30-31(25)2)23-17-9-16-10-18(23)13-26(35,11-16)12-17/h3-4,6,14-19,23,35H,5,7-13H2,1-2H3,(H2,28,34). The van der Waals surface area contributed by atoms with E-state index in [1.807, 2.05) is 25.5 Å². The first kappa shape index (κ1) is 23.1. The Kier molecular flexibility index (Phi) is 5.53. The molecule has 4 unspecified atom stereocenters. The maximum absolute atomic E-state index is 12.1. The van der Waals surface area contributed by atoms with Gasteiger partial charge in [-0.25, -0.2) is 0 Å². The number of piperidine rings is 1. The molecule has 188 valence electrons. The smallest absolute Gasteiger partial charge is 0.270 e. The minimum Gasteiger partial charge on any atom is -0.390 e. The highest BCUT2D eigenvalue weighted by molar-refractivity contribution is 6.36. The van der Waals surface area contributed by atoms with Gasteiger partial charge >= 0.3 is 0 Å². The fraction of sp³-hybridized carbons (Fsp3) is 0.654. The van der Waals surface area contributed by atoms with Crippen molar-refractivity contribution < 1.29 is 9.90 Å². The van der Waals surface area contributed by atoms with Gasteiger partial charge in [0, 0.05) is 37.9 Å². The fourth-order valence-corrected chi connectivity index (χ4v) is 8.55. The third-order valence-corrected chi connectivity index (χ3v) is 9.52. The van der Waals surface area contributed by atoms with Crippen LogP contribution in [0.15, 0.2) is 24.5 Å². The Morgan fingerprint density at radius 2 is 2.00 bits per heavy atom. The number of hydrogen-bond donors (Lipinski definition) is 2. The van der Waals surface area contributed by atoms with Crippen LogP contribution in [-0.2, 0) is 7.05 Å². The Hall–Kier alpha value is -2.32. The molecule has 2 aromatic heterocycles. The molecular formula is C26H35ClN6O2. The van der Waals surface area contributed by atoms with Crippen molar-refractivity contribution in [3.05, 3.63) is 35.2 Å². The van der Waals surface area contributed by atoms with E-state index in [1.165, 1.54) is 0 Å². The number of aromatic nitrogens is 3. The van der Waals surface area contributed by atoms with E-state index >= 15 is 0 Å². The summed E-state index contributed by atoms with van der Waals surface area (Å²) in [5, 5.41) is 16.0. The minimum absolute atomic E-state index is 0.137. The third kappa shape index (κ3) is 3.80. The summed E-state index contributed by atoms with van der Waals surface area (Å²) >= 11 is 6.85. The Balaban J connectivity index is 1.37. The van der Waals surface area contributed by atoms with Crippen LogP contribution in [-0.4, -0.2) is 56.0 Å². The molecule has 8 nitrogen and oxygen atoms in total. The van der Waals surface area contributed by atoms with Crippen LogP contribution < -0.4 is 15.5 Å². The second kappa shape index (κ2) is 8.37. The van der Waals surface area contributed by atoms with Crippen LogP contribution in [0.3, 0.4) is 0 Å². The zero-order chi connectivity index (χ0) is 24.5. The van der Waals surface area contributed by atoms with Crippen LogP contribution in [0.25, 0.3) is 0 Å². The zero-order valence-electron chi connectivity index (χ0n) is 20.5. The molecule has 0 aromatic carbocycles. The molecular weight excluding hydrogens is 464 g/mol. The van der Waals surface area contributed by atoms with Crippen LogP contribution >= 0.6 is 11.6 Å². The SMILES string of the molecule is CC1CC(N(c2c(Cl)c(C(N)=O)nn2C)C2C3CC4CC2CC(O)(C4)C3)CCN1c1cccnc1. The van der Waals surface area contributed by atoms with Gasteiger partial charge in [0.2, 0.25) is 0 Å². The second-order valence-electron chi connectivity index (χ2n) is 11.5. The van der Waals surface area contributed by atoms with E-state index in [0.717, 1.165) is 63.0 Å². The van der Waals surface area contributed by atoms with Crippen molar-refractivity contribution >= 4 is 29.0 Å². The lowest BCUT2D eigenvalue weighted by molar-refractivity contribution is -0.135. The van der Waals surface area contributed by atoms with Crippen molar-refractivity contribution in [1.29, 1.82) is 0 Å². The van der Waals surface area contributed by atoms with E-state index in [4.69, 9.17) is 17.3 Å². The monoisotopic (exact) mass is 498 g/mol. The lowest BCUT2D eigenvalue weighted by Gasteiger charge is -2.62. The van der Waals surface area contributed by atoms with Crippen LogP contribution in [0.2, 0.25) is 5.02 Å². The molecule has 5 aliphatic rings. The van der Waals surface area contributed by atoms with Crippen molar-refractivity contribution in [3.63, 3.8) is 0 Å². The zero-order valence-corrected chi connectivity index (χ0v) is 21.2. The van der Waals surface area contributed by atoms with Gasteiger partial charge in [-0.3, -0.25) is 14.5 Å². The highest BCUT2D eigenvalue weighted by atomic mass is 35.5. The molecule has 1 aliphatic heterocycles. The summed E-state index contributed by atoms with van der Waals surface area (Å²) in [6.45, 7) is 3.19. The summed E-state index contributed by atoms with van der Waals surface area (Å²) in [5.41, 5.74) is 6.40. The molecule has 4 aliphatic carbocycles. The Labute approximate surface area is 211 Å². The first-order valence-electron chi connectivity index (χ1n) is 12.9. The van der Waals surface area contributed by atoms with Crippen LogP contribution in [0.5, 0.6) is 0 Å². The number of nitrogens with zero attached hydrogens (tertiary/aromatic N) is 5.